The minimum absolute atomic E-state index is 0.00270. The average Bonchev–Trinajstić information content (AvgIpc) is 3.08. The molecule has 6 rings (SSSR count). The molecule has 0 atom stereocenters. The fourth-order valence-electron chi connectivity index (χ4n) is 6.64. The van der Waals surface area contributed by atoms with E-state index >= 15 is 0 Å². The van der Waals surface area contributed by atoms with Gasteiger partial charge in [-0.2, -0.15) is 0 Å². The molecule has 0 N–H and O–H groups in total. The lowest BCUT2D eigenvalue weighted by Gasteiger charge is -2.22. The molecule has 0 amide bonds. The van der Waals surface area contributed by atoms with Crippen molar-refractivity contribution >= 4 is 102 Å². The van der Waals surface area contributed by atoms with Gasteiger partial charge in [-0.05, 0) is 69.4 Å². The molecular formula is C42H32O16. The van der Waals surface area contributed by atoms with Gasteiger partial charge in [0.2, 0.25) is 0 Å². The Morgan fingerprint density at radius 2 is 0.690 bits per heavy atom. The Hall–Kier alpha value is -7.62. The molecule has 0 fully saturated rings. The zero-order valence-electron chi connectivity index (χ0n) is 32.2. The summed E-state index contributed by atoms with van der Waals surface area (Å²) in [7, 11) is 0. The Balaban J connectivity index is 2.00. The summed E-state index contributed by atoms with van der Waals surface area (Å²) in [5.74, 6) is -8.08. The smallest absolute Gasteiger partial charge is 0.308 e. The summed E-state index contributed by atoms with van der Waals surface area (Å²) < 4.78 is 44.8. The van der Waals surface area contributed by atoms with Gasteiger partial charge < -0.3 is 37.9 Å². The molecule has 0 spiro atoms. The van der Waals surface area contributed by atoms with Gasteiger partial charge in [0.1, 0.15) is 11.5 Å². The third-order valence-electron chi connectivity index (χ3n) is 8.24. The maximum Gasteiger partial charge on any atom is 0.308 e. The van der Waals surface area contributed by atoms with Crippen molar-refractivity contribution in [2.24, 2.45) is 0 Å². The van der Waals surface area contributed by atoms with Crippen LogP contribution in [0, 0.1) is 0 Å². The minimum Gasteiger partial charge on any atom is -0.426 e. The van der Waals surface area contributed by atoms with Gasteiger partial charge in [0.25, 0.3) is 0 Å². The summed E-state index contributed by atoms with van der Waals surface area (Å²) in [5.41, 5.74) is 0. The number of carbonyl (C=O) groups is 8. The first-order valence-corrected chi connectivity index (χ1v) is 17.3. The van der Waals surface area contributed by atoms with E-state index in [-0.39, 0.29) is 83.7 Å². The standard InChI is InChI=1S/C42H32O16/c1-17(43)51-31-10-9-28-36(41(31)57-23(7)49)30-13-27-11-25-14-32(52-18(2)44)33(53-19(3)45)15-26(25)12-29(27)40(56-22(6)48)38(30)39-34(54-20(4)46)16-35(55-21(5)47)42(37(28)39)58-24(8)50/h9-16H,1-8H3. The van der Waals surface area contributed by atoms with Gasteiger partial charge >= 0.3 is 47.8 Å². The van der Waals surface area contributed by atoms with Crippen LogP contribution in [0.5, 0.6) is 46.0 Å². The van der Waals surface area contributed by atoms with E-state index in [0.29, 0.717) is 16.2 Å². The molecule has 0 unspecified atom stereocenters. The van der Waals surface area contributed by atoms with Crippen LogP contribution >= 0.6 is 0 Å². The van der Waals surface area contributed by atoms with Crippen LogP contribution in [0.2, 0.25) is 0 Å². The number of esters is 8. The molecule has 0 bridgehead atoms. The molecule has 16 nitrogen and oxygen atoms in total. The van der Waals surface area contributed by atoms with Crippen LogP contribution in [-0.2, 0) is 38.4 Å². The predicted octanol–water partition coefficient (Wildman–Crippen LogP) is 6.86. The molecule has 0 aliphatic rings. The molecule has 0 saturated heterocycles. The van der Waals surface area contributed by atoms with Gasteiger partial charge in [0.15, 0.2) is 34.5 Å². The summed E-state index contributed by atoms with van der Waals surface area (Å²) in [4.78, 5) is 100. The first kappa shape index (κ1) is 40.1. The quantitative estimate of drug-likeness (QED) is 0.0667. The van der Waals surface area contributed by atoms with Crippen LogP contribution < -0.4 is 37.9 Å². The van der Waals surface area contributed by atoms with Crippen molar-refractivity contribution in [3.63, 3.8) is 0 Å². The molecule has 6 aromatic carbocycles. The van der Waals surface area contributed by atoms with Crippen LogP contribution in [0.1, 0.15) is 55.4 Å². The SMILES string of the molecule is CC(=O)Oc1cc2cc3cc4c5c(OC(C)=O)c(OC(C)=O)ccc5c5c(OC(C)=O)c(OC(C)=O)cc(OC(C)=O)c5c4c(OC(C)=O)c3cc2cc1OC(C)=O. The van der Waals surface area contributed by atoms with Crippen LogP contribution in [-0.4, -0.2) is 47.8 Å². The molecule has 16 heteroatoms. The minimum atomic E-state index is -0.859. The normalized spacial score (nSPS) is 11.0. The summed E-state index contributed by atoms with van der Waals surface area (Å²) in [5, 5.41) is 1.81. The third-order valence-corrected chi connectivity index (χ3v) is 8.24. The van der Waals surface area contributed by atoms with E-state index in [1.165, 1.54) is 31.2 Å². The first-order valence-electron chi connectivity index (χ1n) is 17.3. The molecule has 6 aromatic rings. The lowest BCUT2D eigenvalue weighted by Crippen LogP contribution is -2.11. The van der Waals surface area contributed by atoms with E-state index < -0.39 is 47.8 Å². The van der Waals surface area contributed by atoms with Gasteiger partial charge in [-0.15, -0.1) is 0 Å². The van der Waals surface area contributed by atoms with Gasteiger partial charge in [0, 0.05) is 88.4 Å². The predicted molar refractivity (Wildman–Crippen MR) is 204 cm³/mol. The van der Waals surface area contributed by atoms with E-state index in [1.54, 1.807) is 18.2 Å². The van der Waals surface area contributed by atoms with Crippen molar-refractivity contribution in [2.75, 3.05) is 0 Å². The Morgan fingerprint density at radius 3 is 1.21 bits per heavy atom. The van der Waals surface area contributed by atoms with E-state index in [9.17, 15) is 38.4 Å². The molecule has 58 heavy (non-hydrogen) atoms. The number of benzene rings is 6. The number of fused-ring (bicyclic) bond motifs is 8. The van der Waals surface area contributed by atoms with E-state index in [1.807, 2.05) is 0 Å². The van der Waals surface area contributed by atoms with Crippen LogP contribution in [0.3, 0.4) is 0 Å². The Morgan fingerprint density at radius 1 is 0.293 bits per heavy atom. The number of rotatable bonds is 8. The second kappa shape index (κ2) is 15.5. The zero-order chi connectivity index (χ0) is 42.3. The number of carbonyl (C=O) groups excluding carboxylic acids is 8. The van der Waals surface area contributed by atoms with Crippen LogP contribution in [0.15, 0.2) is 48.5 Å². The Labute approximate surface area is 327 Å². The van der Waals surface area contributed by atoms with E-state index in [4.69, 9.17) is 37.9 Å². The van der Waals surface area contributed by atoms with E-state index in [0.717, 1.165) is 54.5 Å². The van der Waals surface area contributed by atoms with Crippen molar-refractivity contribution in [2.45, 2.75) is 55.4 Å². The molecule has 0 aliphatic carbocycles. The summed E-state index contributed by atoms with van der Waals surface area (Å²) in [6.07, 6.45) is 0. The van der Waals surface area contributed by atoms with Gasteiger partial charge in [-0.25, -0.2) is 0 Å². The summed E-state index contributed by atoms with van der Waals surface area (Å²) >= 11 is 0. The van der Waals surface area contributed by atoms with Gasteiger partial charge in [0.05, 0.1) is 0 Å². The topological polar surface area (TPSA) is 210 Å². The zero-order valence-corrected chi connectivity index (χ0v) is 32.2. The lowest BCUT2D eigenvalue weighted by atomic mass is 9.89. The van der Waals surface area contributed by atoms with Crippen molar-refractivity contribution in [1.29, 1.82) is 0 Å². The molecular weight excluding hydrogens is 760 g/mol. The molecule has 0 saturated carbocycles. The van der Waals surface area contributed by atoms with E-state index in [2.05, 4.69) is 0 Å². The number of ether oxygens (including phenoxy) is 8. The highest BCUT2D eigenvalue weighted by atomic mass is 16.6. The van der Waals surface area contributed by atoms with Crippen molar-refractivity contribution in [3.05, 3.63) is 48.5 Å². The fourth-order valence-corrected chi connectivity index (χ4v) is 6.64. The molecule has 0 aliphatic heterocycles. The van der Waals surface area contributed by atoms with Gasteiger partial charge in [-0.3, -0.25) is 38.4 Å². The molecule has 0 heterocycles. The second-order valence-corrected chi connectivity index (χ2v) is 12.9. The monoisotopic (exact) mass is 792 g/mol. The largest absolute Gasteiger partial charge is 0.426 e. The maximum atomic E-state index is 13.1. The first-order chi connectivity index (χ1) is 27.3. The number of hydrogen-bond donors (Lipinski definition) is 0. The highest BCUT2D eigenvalue weighted by Gasteiger charge is 2.30. The molecule has 0 aromatic heterocycles. The highest BCUT2D eigenvalue weighted by Crippen LogP contribution is 2.55. The molecule has 296 valence electrons. The average molecular weight is 793 g/mol. The summed E-state index contributed by atoms with van der Waals surface area (Å²) in [6.45, 7) is 9.01. The fraction of sp³-hybridized carbons (Fsp3) is 0.190. The third kappa shape index (κ3) is 7.88. The van der Waals surface area contributed by atoms with Crippen molar-refractivity contribution in [1.82, 2.24) is 0 Å². The Bertz CT molecular complexity index is 2870. The Kier molecular flexibility index (Phi) is 10.7. The van der Waals surface area contributed by atoms with Crippen molar-refractivity contribution < 1.29 is 76.3 Å². The molecule has 0 radical (unpaired) electrons. The van der Waals surface area contributed by atoms with Gasteiger partial charge in [-0.1, -0.05) is 0 Å². The second-order valence-electron chi connectivity index (χ2n) is 12.9. The summed E-state index contributed by atoms with van der Waals surface area (Å²) in [6, 6.07) is 11.7. The van der Waals surface area contributed by atoms with Crippen LogP contribution in [0.25, 0.3) is 53.9 Å². The highest BCUT2D eigenvalue weighted by molar-refractivity contribution is 6.35. The lowest BCUT2D eigenvalue weighted by molar-refractivity contribution is -0.134. The number of hydrogen-bond acceptors (Lipinski definition) is 16. The maximum absolute atomic E-state index is 13.1. The van der Waals surface area contributed by atoms with Crippen LogP contribution in [0.4, 0.5) is 0 Å². The van der Waals surface area contributed by atoms with Crippen molar-refractivity contribution in [3.8, 4) is 46.0 Å².